The molecule has 0 saturated heterocycles. The summed E-state index contributed by atoms with van der Waals surface area (Å²) in [5.74, 6) is 0.477. The fourth-order valence-electron chi connectivity index (χ4n) is 1.66. The molecule has 0 bridgehead atoms. The van der Waals surface area contributed by atoms with E-state index in [9.17, 15) is 13.2 Å². The third kappa shape index (κ3) is 5.85. The number of benzene rings is 1. The Labute approximate surface area is 130 Å². The second kappa shape index (κ2) is 6.99. The van der Waals surface area contributed by atoms with Gasteiger partial charge >= 0.3 is 6.36 Å². The van der Waals surface area contributed by atoms with E-state index in [0.29, 0.717) is 17.9 Å². The van der Waals surface area contributed by atoms with Crippen LogP contribution in [0.4, 0.5) is 13.2 Å². The molecule has 2 aromatic rings. The van der Waals surface area contributed by atoms with Gasteiger partial charge in [-0.1, -0.05) is 12.1 Å². The molecule has 1 aromatic carbocycles. The van der Waals surface area contributed by atoms with Gasteiger partial charge in [0.05, 0.1) is 13.1 Å². The number of guanidine groups is 1. The number of ether oxygens (including phenoxy) is 1. The van der Waals surface area contributed by atoms with Gasteiger partial charge in [0.15, 0.2) is 11.8 Å². The molecule has 3 N–H and O–H groups in total. The standard InChI is InChI=1S/C13H15F3N6O/c1-22-8-20-11(21-22)7-19-12(17)18-6-9-2-4-10(5-3-9)23-13(14,15)16/h2-5,8H,6-7H2,1H3,(H3,17,18,19). The number of nitrogens with one attached hydrogen (secondary N) is 1. The van der Waals surface area contributed by atoms with Crippen molar-refractivity contribution >= 4 is 5.96 Å². The fraction of sp³-hybridized carbons (Fsp3) is 0.308. The van der Waals surface area contributed by atoms with Crippen molar-refractivity contribution in [3.05, 3.63) is 42.0 Å². The van der Waals surface area contributed by atoms with Crippen molar-refractivity contribution in [2.75, 3.05) is 0 Å². The quantitative estimate of drug-likeness (QED) is 0.638. The predicted molar refractivity (Wildman–Crippen MR) is 76.3 cm³/mol. The molecule has 0 spiro atoms. The zero-order valence-corrected chi connectivity index (χ0v) is 12.2. The molecule has 0 aliphatic heterocycles. The molecule has 10 heteroatoms. The van der Waals surface area contributed by atoms with Gasteiger partial charge < -0.3 is 15.8 Å². The van der Waals surface area contributed by atoms with Gasteiger partial charge in [-0.15, -0.1) is 13.2 Å². The van der Waals surface area contributed by atoms with Crippen LogP contribution in [0, 0.1) is 0 Å². The maximum absolute atomic E-state index is 12.0. The minimum absolute atomic E-state index is 0.188. The Balaban J connectivity index is 1.84. The summed E-state index contributed by atoms with van der Waals surface area (Å²) >= 11 is 0. The summed E-state index contributed by atoms with van der Waals surface area (Å²) in [6.07, 6.45) is -3.14. The summed E-state index contributed by atoms with van der Waals surface area (Å²) in [5.41, 5.74) is 6.39. The molecule has 0 amide bonds. The van der Waals surface area contributed by atoms with Crippen LogP contribution in [0.5, 0.6) is 5.75 Å². The van der Waals surface area contributed by atoms with Crippen LogP contribution in [-0.4, -0.2) is 27.1 Å². The Bertz CT molecular complexity index is 665. The Kier molecular flexibility index (Phi) is 5.04. The van der Waals surface area contributed by atoms with E-state index >= 15 is 0 Å². The predicted octanol–water partition coefficient (Wildman–Crippen LogP) is 1.32. The third-order valence-corrected chi connectivity index (χ3v) is 2.66. The molecular formula is C13H15F3N6O. The van der Waals surface area contributed by atoms with E-state index in [2.05, 4.69) is 25.1 Å². The molecule has 0 fully saturated rings. The van der Waals surface area contributed by atoms with Gasteiger partial charge in [-0.2, -0.15) is 5.10 Å². The highest BCUT2D eigenvalue weighted by Gasteiger charge is 2.30. The molecule has 23 heavy (non-hydrogen) atoms. The SMILES string of the molecule is Cn1cnc(CNC(N)=NCc2ccc(OC(F)(F)F)cc2)n1. The lowest BCUT2D eigenvalue weighted by Gasteiger charge is -2.09. The molecular weight excluding hydrogens is 313 g/mol. The van der Waals surface area contributed by atoms with Gasteiger partial charge in [0.1, 0.15) is 12.1 Å². The monoisotopic (exact) mass is 328 g/mol. The minimum atomic E-state index is -4.70. The lowest BCUT2D eigenvalue weighted by atomic mass is 10.2. The highest BCUT2D eigenvalue weighted by molar-refractivity contribution is 5.77. The molecule has 124 valence electrons. The molecule has 0 saturated carbocycles. The Hall–Kier alpha value is -2.78. The average Bonchev–Trinajstić information content (AvgIpc) is 2.88. The molecule has 0 aliphatic carbocycles. The second-order valence-corrected chi connectivity index (χ2v) is 4.58. The number of aliphatic imine (C=N–C) groups is 1. The summed E-state index contributed by atoms with van der Waals surface area (Å²) in [5, 5.41) is 6.91. The zero-order chi connectivity index (χ0) is 16.9. The summed E-state index contributed by atoms with van der Waals surface area (Å²) in [4.78, 5) is 8.10. The number of aromatic nitrogens is 3. The number of halogens is 3. The largest absolute Gasteiger partial charge is 0.573 e. The first-order valence-corrected chi connectivity index (χ1v) is 6.55. The highest BCUT2D eigenvalue weighted by atomic mass is 19.4. The van der Waals surface area contributed by atoms with Crippen LogP contribution >= 0.6 is 0 Å². The van der Waals surface area contributed by atoms with Crippen molar-refractivity contribution in [2.45, 2.75) is 19.5 Å². The lowest BCUT2D eigenvalue weighted by Crippen LogP contribution is -2.31. The van der Waals surface area contributed by atoms with E-state index in [4.69, 9.17) is 5.73 Å². The number of nitrogens with zero attached hydrogens (tertiary/aromatic N) is 4. The first kappa shape index (κ1) is 16.6. The van der Waals surface area contributed by atoms with Gasteiger partial charge in [0.2, 0.25) is 0 Å². The van der Waals surface area contributed by atoms with Crippen molar-refractivity contribution < 1.29 is 17.9 Å². The topological polar surface area (TPSA) is 90.4 Å². The van der Waals surface area contributed by atoms with Crippen LogP contribution in [0.2, 0.25) is 0 Å². The second-order valence-electron chi connectivity index (χ2n) is 4.58. The summed E-state index contributed by atoms with van der Waals surface area (Å²) < 4.78 is 41.5. The van der Waals surface area contributed by atoms with Crippen molar-refractivity contribution in [1.29, 1.82) is 0 Å². The first-order chi connectivity index (χ1) is 10.8. The van der Waals surface area contributed by atoms with Gasteiger partial charge in [0, 0.05) is 7.05 Å². The highest BCUT2D eigenvalue weighted by Crippen LogP contribution is 2.22. The summed E-state index contributed by atoms with van der Waals surface area (Å²) in [6, 6.07) is 5.41. The first-order valence-electron chi connectivity index (χ1n) is 6.55. The number of hydrogen-bond donors (Lipinski definition) is 2. The number of nitrogens with two attached hydrogens (primary N) is 1. The van der Waals surface area contributed by atoms with E-state index in [1.807, 2.05) is 0 Å². The molecule has 1 heterocycles. The molecule has 1 aromatic heterocycles. The minimum Gasteiger partial charge on any atom is -0.406 e. The van der Waals surface area contributed by atoms with Gasteiger partial charge in [-0.05, 0) is 17.7 Å². The summed E-state index contributed by atoms with van der Waals surface area (Å²) in [6.45, 7) is 0.551. The van der Waals surface area contributed by atoms with Crippen molar-refractivity contribution in [3.63, 3.8) is 0 Å². The number of aryl methyl sites for hydroxylation is 1. The fourth-order valence-corrected chi connectivity index (χ4v) is 1.66. The maximum Gasteiger partial charge on any atom is 0.573 e. The van der Waals surface area contributed by atoms with E-state index < -0.39 is 6.36 Å². The average molecular weight is 328 g/mol. The van der Waals surface area contributed by atoms with Crippen LogP contribution in [0.25, 0.3) is 0 Å². The van der Waals surface area contributed by atoms with Crippen LogP contribution in [0.3, 0.4) is 0 Å². The molecule has 0 atom stereocenters. The number of rotatable bonds is 5. The van der Waals surface area contributed by atoms with Gasteiger partial charge in [0.25, 0.3) is 0 Å². The Morgan fingerprint density at radius 2 is 2.04 bits per heavy atom. The molecule has 0 radical (unpaired) electrons. The normalized spacial score (nSPS) is 12.3. The molecule has 2 rings (SSSR count). The van der Waals surface area contributed by atoms with E-state index in [0.717, 1.165) is 0 Å². The van der Waals surface area contributed by atoms with E-state index in [1.54, 1.807) is 18.1 Å². The smallest absolute Gasteiger partial charge is 0.406 e. The van der Waals surface area contributed by atoms with Gasteiger partial charge in [-0.3, -0.25) is 4.68 Å². The van der Waals surface area contributed by atoms with Crippen LogP contribution in [0.1, 0.15) is 11.4 Å². The van der Waals surface area contributed by atoms with E-state index in [1.165, 1.54) is 24.3 Å². The van der Waals surface area contributed by atoms with Gasteiger partial charge in [-0.25, -0.2) is 9.98 Å². The molecule has 0 unspecified atom stereocenters. The Morgan fingerprint density at radius 3 is 2.61 bits per heavy atom. The number of hydrogen-bond acceptors (Lipinski definition) is 4. The molecule has 7 nitrogen and oxygen atoms in total. The number of alkyl halides is 3. The van der Waals surface area contributed by atoms with Crippen molar-refractivity contribution in [2.24, 2.45) is 17.8 Å². The molecule has 0 aliphatic rings. The van der Waals surface area contributed by atoms with Crippen LogP contribution in [-0.2, 0) is 20.1 Å². The van der Waals surface area contributed by atoms with E-state index in [-0.39, 0.29) is 18.3 Å². The lowest BCUT2D eigenvalue weighted by molar-refractivity contribution is -0.274. The van der Waals surface area contributed by atoms with Crippen LogP contribution in [0.15, 0.2) is 35.6 Å². The maximum atomic E-state index is 12.0. The zero-order valence-electron chi connectivity index (χ0n) is 12.2. The summed E-state index contributed by atoms with van der Waals surface area (Å²) in [7, 11) is 1.75. The van der Waals surface area contributed by atoms with Crippen molar-refractivity contribution in [3.8, 4) is 5.75 Å². The van der Waals surface area contributed by atoms with Crippen LogP contribution < -0.4 is 15.8 Å². The Morgan fingerprint density at radius 1 is 1.35 bits per heavy atom. The van der Waals surface area contributed by atoms with Crippen molar-refractivity contribution in [1.82, 2.24) is 20.1 Å². The third-order valence-electron chi connectivity index (χ3n) is 2.66.